The number of hydrogen-bond donors (Lipinski definition) is 0. The Bertz CT molecular complexity index is 1290. The maximum Gasteiger partial charge on any atom is 0.0355 e. The summed E-state index contributed by atoms with van der Waals surface area (Å²) in [5.74, 6) is 0. The van der Waals surface area contributed by atoms with E-state index in [2.05, 4.69) is 98.8 Å². The van der Waals surface area contributed by atoms with Crippen LogP contribution < -0.4 is 0 Å². The molecule has 0 unspecified atom stereocenters. The molecular weight excluding hydrogens is 344 g/mol. The maximum absolute atomic E-state index is 2.35. The zero-order valence-electron chi connectivity index (χ0n) is 15.5. The molecule has 0 N–H and O–H groups in total. The number of aryl methyl sites for hydroxylation is 2. The second-order valence-corrected chi connectivity index (χ2v) is 8.24. The van der Waals surface area contributed by atoms with Crippen molar-refractivity contribution in [1.29, 1.82) is 0 Å². The van der Waals surface area contributed by atoms with Gasteiger partial charge in [0.15, 0.2) is 0 Å². The zero-order valence-corrected chi connectivity index (χ0v) is 16.3. The lowest BCUT2D eigenvalue weighted by molar-refractivity contribution is 1.41. The van der Waals surface area contributed by atoms with Gasteiger partial charge in [-0.15, -0.1) is 11.3 Å². The molecule has 5 aromatic rings. The molecule has 0 aliphatic carbocycles. The summed E-state index contributed by atoms with van der Waals surface area (Å²) in [6, 6.07) is 31.0. The molecule has 4 aromatic carbocycles. The van der Waals surface area contributed by atoms with Gasteiger partial charge in [0.2, 0.25) is 0 Å². The quantitative estimate of drug-likeness (QED) is 0.297. The lowest BCUT2D eigenvalue weighted by atomic mass is 9.92. The summed E-state index contributed by atoms with van der Waals surface area (Å²) in [5.41, 5.74) is 7.82. The molecule has 0 fully saturated rings. The third-order valence-corrected chi connectivity index (χ3v) is 6.53. The number of thiophene rings is 1. The first-order valence-corrected chi connectivity index (χ1v) is 10.1. The monoisotopic (exact) mass is 364 g/mol. The van der Waals surface area contributed by atoms with Crippen molar-refractivity contribution in [3.63, 3.8) is 0 Å². The van der Waals surface area contributed by atoms with E-state index in [1.165, 1.54) is 53.6 Å². The molecule has 1 heteroatoms. The van der Waals surface area contributed by atoms with Gasteiger partial charge in [-0.05, 0) is 71.5 Å². The van der Waals surface area contributed by atoms with Crippen molar-refractivity contribution in [3.8, 4) is 22.3 Å². The molecule has 0 saturated heterocycles. The molecule has 5 rings (SSSR count). The van der Waals surface area contributed by atoms with Crippen LogP contribution in [-0.4, -0.2) is 0 Å². The lowest BCUT2D eigenvalue weighted by Crippen LogP contribution is -1.88. The first-order valence-electron chi connectivity index (χ1n) is 9.29. The molecule has 0 amide bonds. The van der Waals surface area contributed by atoms with E-state index >= 15 is 0 Å². The smallest absolute Gasteiger partial charge is 0.0355 e. The van der Waals surface area contributed by atoms with Gasteiger partial charge in [0.25, 0.3) is 0 Å². The van der Waals surface area contributed by atoms with Crippen molar-refractivity contribution in [2.45, 2.75) is 13.8 Å². The molecule has 0 nitrogen and oxygen atoms in total. The van der Waals surface area contributed by atoms with Crippen molar-refractivity contribution < 1.29 is 0 Å². The standard InChI is InChI=1S/C26H20S/c1-17-7-3-4-8-21(17)23-15-19(12-11-18(23)2)20-13-14-26-24(16-20)22-9-5-6-10-25(22)27-26/h3-16H,1-2H3. The number of rotatable bonds is 2. The van der Waals surface area contributed by atoms with Crippen LogP contribution in [0.2, 0.25) is 0 Å². The second kappa shape index (κ2) is 6.37. The van der Waals surface area contributed by atoms with Crippen LogP contribution in [0.4, 0.5) is 0 Å². The van der Waals surface area contributed by atoms with Gasteiger partial charge < -0.3 is 0 Å². The van der Waals surface area contributed by atoms with Gasteiger partial charge in [0, 0.05) is 20.2 Å². The Kier molecular flexibility index (Phi) is 3.84. The lowest BCUT2D eigenvalue weighted by Gasteiger charge is -2.12. The third-order valence-electron chi connectivity index (χ3n) is 5.38. The van der Waals surface area contributed by atoms with E-state index in [0.29, 0.717) is 0 Å². The van der Waals surface area contributed by atoms with Gasteiger partial charge in [0.05, 0.1) is 0 Å². The summed E-state index contributed by atoms with van der Waals surface area (Å²) in [4.78, 5) is 0. The summed E-state index contributed by atoms with van der Waals surface area (Å²) in [5, 5.41) is 2.71. The third kappa shape index (κ3) is 2.75. The fourth-order valence-corrected chi connectivity index (χ4v) is 4.96. The highest BCUT2D eigenvalue weighted by Gasteiger charge is 2.09. The van der Waals surface area contributed by atoms with Gasteiger partial charge in [-0.2, -0.15) is 0 Å². The van der Waals surface area contributed by atoms with Crippen LogP contribution in [0, 0.1) is 13.8 Å². The van der Waals surface area contributed by atoms with Gasteiger partial charge in [-0.1, -0.05) is 60.7 Å². The Morgan fingerprint density at radius 2 is 1.19 bits per heavy atom. The highest BCUT2D eigenvalue weighted by Crippen LogP contribution is 2.37. The Morgan fingerprint density at radius 1 is 0.519 bits per heavy atom. The molecule has 1 aromatic heterocycles. The SMILES string of the molecule is Cc1ccccc1-c1cc(-c2ccc3sc4ccccc4c3c2)ccc1C. The summed E-state index contributed by atoms with van der Waals surface area (Å²) >= 11 is 1.87. The Labute approximate surface area is 163 Å². The molecule has 0 saturated carbocycles. The minimum Gasteiger partial charge on any atom is -0.135 e. The van der Waals surface area contributed by atoms with Crippen molar-refractivity contribution in [1.82, 2.24) is 0 Å². The van der Waals surface area contributed by atoms with Crippen LogP contribution in [0.15, 0.2) is 84.9 Å². The van der Waals surface area contributed by atoms with E-state index in [4.69, 9.17) is 0 Å². The van der Waals surface area contributed by atoms with Crippen LogP contribution >= 0.6 is 11.3 Å². The maximum atomic E-state index is 2.35. The van der Waals surface area contributed by atoms with Crippen LogP contribution in [0.1, 0.15) is 11.1 Å². The molecule has 1 heterocycles. The number of benzene rings is 4. The normalized spacial score (nSPS) is 11.3. The summed E-state index contributed by atoms with van der Waals surface area (Å²) in [6.45, 7) is 4.38. The van der Waals surface area contributed by atoms with E-state index in [1.54, 1.807) is 0 Å². The van der Waals surface area contributed by atoms with Gasteiger partial charge in [-0.25, -0.2) is 0 Å². The fraction of sp³-hybridized carbons (Fsp3) is 0.0769. The molecule has 0 radical (unpaired) electrons. The van der Waals surface area contributed by atoms with E-state index in [0.717, 1.165) is 0 Å². The average Bonchev–Trinajstić information content (AvgIpc) is 3.07. The van der Waals surface area contributed by atoms with E-state index < -0.39 is 0 Å². The molecule has 0 atom stereocenters. The molecule has 0 spiro atoms. The predicted molar refractivity (Wildman–Crippen MR) is 120 cm³/mol. The van der Waals surface area contributed by atoms with Crippen LogP contribution in [-0.2, 0) is 0 Å². The van der Waals surface area contributed by atoms with Gasteiger partial charge in [0.1, 0.15) is 0 Å². The molecule has 0 aliphatic rings. The second-order valence-electron chi connectivity index (χ2n) is 7.15. The molecule has 130 valence electrons. The van der Waals surface area contributed by atoms with E-state index in [-0.39, 0.29) is 0 Å². The fourth-order valence-electron chi connectivity index (χ4n) is 3.87. The predicted octanol–water partition coefficient (Wildman–Crippen LogP) is 8.01. The minimum absolute atomic E-state index is 1.27. The molecule has 27 heavy (non-hydrogen) atoms. The van der Waals surface area contributed by atoms with Crippen LogP contribution in [0.25, 0.3) is 42.4 Å². The largest absolute Gasteiger partial charge is 0.135 e. The summed E-state index contributed by atoms with van der Waals surface area (Å²) in [6.07, 6.45) is 0. The van der Waals surface area contributed by atoms with Crippen molar-refractivity contribution >= 4 is 31.5 Å². The van der Waals surface area contributed by atoms with Crippen molar-refractivity contribution in [3.05, 3.63) is 96.1 Å². The molecule has 0 aliphatic heterocycles. The Balaban J connectivity index is 1.70. The van der Waals surface area contributed by atoms with E-state index in [9.17, 15) is 0 Å². The highest BCUT2D eigenvalue weighted by atomic mass is 32.1. The van der Waals surface area contributed by atoms with Gasteiger partial charge >= 0.3 is 0 Å². The average molecular weight is 365 g/mol. The molecular formula is C26H20S. The summed E-state index contributed by atoms with van der Waals surface area (Å²) in [7, 11) is 0. The minimum atomic E-state index is 1.27. The molecule has 0 bridgehead atoms. The van der Waals surface area contributed by atoms with Crippen LogP contribution in [0.5, 0.6) is 0 Å². The van der Waals surface area contributed by atoms with Crippen LogP contribution in [0.3, 0.4) is 0 Å². The Hall–Kier alpha value is -2.90. The highest BCUT2D eigenvalue weighted by molar-refractivity contribution is 7.25. The van der Waals surface area contributed by atoms with Crippen molar-refractivity contribution in [2.24, 2.45) is 0 Å². The Morgan fingerprint density at radius 3 is 2.07 bits per heavy atom. The first kappa shape index (κ1) is 16.3. The van der Waals surface area contributed by atoms with Gasteiger partial charge in [-0.3, -0.25) is 0 Å². The van der Waals surface area contributed by atoms with Crippen molar-refractivity contribution in [2.75, 3.05) is 0 Å². The van der Waals surface area contributed by atoms with E-state index in [1.807, 2.05) is 11.3 Å². The number of hydrogen-bond acceptors (Lipinski definition) is 1. The first-order chi connectivity index (χ1) is 13.2. The topological polar surface area (TPSA) is 0 Å². The number of fused-ring (bicyclic) bond motifs is 3. The zero-order chi connectivity index (χ0) is 18.4. The summed E-state index contributed by atoms with van der Waals surface area (Å²) < 4.78 is 2.71.